The van der Waals surface area contributed by atoms with Gasteiger partial charge in [0.15, 0.2) is 17.3 Å². The zero-order valence-corrected chi connectivity index (χ0v) is 19.0. The standard InChI is InChI=1S/C25H19F2N3O4S/c26-21-10-4-9-19(23(21)27)18-11-12-28-24-20(18)14-22(16-6-5-13-29(15-16)25(31)32)30(24)35(33,34)17-7-2-1-3-8-17/h1-4,6-12,14H,5,13,15H2,(H,31,32). The van der Waals surface area contributed by atoms with Gasteiger partial charge >= 0.3 is 6.09 Å². The molecule has 10 heteroatoms. The molecule has 0 atom stereocenters. The number of hydrogen-bond donors (Lipinski definition) is 1. The average molecular weight is 496 g/mol. The highest BCUT2D eigenvalue weighted by Gasteiger charge is 2.29. The van der Waals surface area contributed by atoms with Gasteiger partial charge in [-0.3, -0.25) is 0 Å². The van der Waals surface area contributed by atoms with Gasteiger partial charge in [0.05, 0.1) is 17.1 Å². The van der Waals surface area contributed by atoms with E-state index >= 15 is 0 Å². The van der Waals surface area contributed by atoms with Gasteiger partial charge in [0.25, 0.3) is 10.0 Å². The van der Waals surface area contributed by atoms with E-state index in [1.807, 2.05) is 0 Å². The van der Waals surface area contributed by atoms with Gasteiger partial charge < -0.3 is 10.0 Å². The number of rotatable bonds is 4. The van der Waals surface area contributed by atoms with Gasteiger partial charge in [0, 0.05) is 23.7 Å². The lowest BCUT2D eigenvalue weighted by atomic mass is 10.0. The number of aromatic nitrogens is 2. The van der Waals surface area contributed by atoms with E-state index in [4.69, 9.17) is 0 Å². The molecular formula is C25H19F2N3O4S. The van der Waals surface area contributed by atoms with E-state index in [2.05, 4.69) is 4.98 Å². The second kappa shape index (κ2) is 8.62. The molecule has 3 heterocycles. The fraction of sp³-hybridized carbons (Fsp3) is 0.120. The molecule has 1 N–H and O–H groups in total. The second-order valence-electron chi connectivity index (χ2n) is 8.03. The number of halogens is 2. The Hall–Kier alpha value is -4.05. The lowest BCUT2D eigenvalue weighted by Gasteiger charge is -2.25. The van der Waals surface area contributed by atoms with Crippen LogP contribution in [0.25, 0.3) is 27.7 Å². The number of fused-ring (bicyclic) bond motifs is 1. The predicted molar refractivity (Wildman–Crippen MR) is 126 cm³/mol. The molecule has 5 rings (SSSR count). The Kier molecular flexibility index (Phi) is 5.60. The van der Waals surface area contributed by atoms with Crippen LogP contribution in [0, 0.1) is 11.6 Å². The van der Waals surface area contributed by atoms with E-state index in [1.54, 1.807) is 30.3 Å². The molecule has 0 aliphatic carbocycles. The van der Waals surface area contributed by atoms with Crippen molar-refractivity contribution in [3.8, 4) is 11.1 Å². The topological polar surface area (TPSA) is 92.5 Å². The van der Waals surface area contributed by atoms with Gasteiger partial charge in [-0.15, -0.1) is 0 Å². The molecule has 1 aliphatic heterocycles. The number of carbonyl (C=O) groups is 1. The van der Waals surface area contributed by atoms with Gasteiger partial charge in [-0.05, 0) is 47.9 Å². The van der Waals surface area contributed by atoms with Crippen molar-refractivity contribution >= 4 is 32.7 Å². The zero-order valence-electron chi connectivity index (χ0n) is 18.2. The van der Waals surface area contributed by atoms with Gasteiger partial charge in [-0.1, -0.05) is 36.4 Å². The molecule has 2 aromatic carbocycles. The molecule has 0 bridgehead atoms. The van der Waals surface area contributed by atoms with Crippen LogP contribution in [0.1, 0.15) is 12.1 Å². The molecule has 1 amide bonds. The first-order valence-corrected chi connectivity index (χ1v) is 12.2. The van der Waals surface area contributed by atoms with Crippen LogP contribution >= 0.6 is 0 Å². The molecule has 2 aromatic heterocycles. The van der Waals surface area contributed by atoms with Crippen LogP contribution in [0.5, 0.6) is 0 Å². The Morgan fingerprint density at radius 1 is 1.00 bits per heavy atom. The summed E-state index contributed by atoms with van der Waals surface area (Å²) in [6.07, 6.45) is 2.40. The fourth-order valence-electron chi connectivity index (χ4n) is 4.28. The number of pyridine rings is 1. The minimum Gasteiger partial charge on any atom is -0.465 e. The molecule has 0 radical (unpaired) electrons. The highest BCUT2D eigenvalue weighted by atomic mass is 32.2. The van der Waals surface area contributed by atoms with Crippen molar-refractivity contribution in [2.24, 2.45) is 0 Å². The smallest absolute Gasteiger partial charge is 0.407 e. The number of hydrogen-bond acceptors (Lipinski definition) is 4. The minimum atomic E-state index is -4.18. The largest absolute Gasteiger partial charge is 0.465 e. The van der Waals surface area contributed by atoms with E-state index < -0.39 is 27.8 Å². The van der Waals surface area contributed by atoms with Gasteiger partial charge in [0.1, 0.15) is 0 Å². The SMILES string of the molecule is O=C(O)N1CCC=C(c2cc3c(-c4cccc(F)c4F)ccnc3n2S(=O)(=O)c2ccccc2)C1. The Morgan fingerprint density at radius 3 is 2.51 bits per heavy atom. The van der Waals surface area contributed by atoms with Crippen LogP contribution in [-0.2, 0) is 10.0 Å². The molecule has 0 saturated heterocycles. The Labute approximate surface area is 199 Å². The van der Waals surface area contributed by atoms with Crippen LogP contribution in [0.3, 0.4) is 0 Å². The number of benzene rings is 2. The third-order valence-electron chi connectivity index (χ3n) is 5.93. The zero-order chi connectivity index (χ0) is 24.7. The maximum absolute atomic E-state index is 14.7. The summed E-state index contributed by atoms with van der Waals surface area (Å²) in [5.74, 6) is -2.09. The van der Waals surface area contributed by atoms with Crippen molar-refractivity contribution in [1.29, 1.82) is 0 Å². The first-order chi connectivity index (χ1) is 16.8. The first-order valence-electron chi connectivity index (χ1n) is 10.7. The summed E-state index contributed by atoms with van der Waals surface area (Å²) in [5, 5.41) is 9.77. The minimum absolute atomic E-state index is 0.00869. The Bertz CT molecular complexity index is 1600. The molecule has 0 unspecified atom stereocenters. The Balaban J connectivity index is 1.82. The van der Waals surface area contributed by atoms with Crippen LogP contribution in [0.4, 0.5) is 13.6 Å². The van der Waals surface area contributed by atoms with Crippen molar-refractivity contribution in [3.63, 3.8) is 0 Å². The summed E-state index contributed by atoms with van der Waals surface area (Å²) < 4.78 is 57.3. The number of carboxylic acid groups (broad SMARTS) is 1. The summed E-state index contributed by atoms with van der Waals surface area (Å²) >= 11 is 0. The summed E-state index contributed by atoms with van der Waals surface area (Å²) in [5.41, 5.74) is 0.941. The van der Waals surface area contributed by atoms with E-state index in [-0.39, 0.29) is 40.5 Å². The normalized spacial score (nSPS) is 14.2. The van der Waals surface area contributed by atoms with Crippen LogP contribution in [-0.4, -0.2) is 46.6 Å². The number of amides is 1. The van der Waals surface area contributed by atoms with Crippen molar-refractivity contribution in [3.05, 3.63) is 90.3 Å². The molecule has 178 valence electrons. The van der Waals surface area contributed by atoms with Gasteiger partial charge in [-0.2, -0.15) is 0 Å². The molecule has 7 nitrogen and oxygen atoms in total. The summed E-state index contributed by atoms with van der Waals surface area (Å²) in [7, 11) is -4.18. The highest BCUT2D eigenvalue weighted by molar-refractivity contribution is 7.90. The van der Waals surface area contributed by atoms with Crippen molar-refractivity contribution in [2.45, 2.75) is 11.3 Å². The average Bonchev–Trinajstić information content (AvgIpc) is 3.27. The maximum Gasteiger partial charge on any atom is 0.407 e. The lowest BCUT2D eigenvalue weighted by Crippen LogP contribution is -2.34. The second-order valence-corrected chi connectivity index (χ2v) is 9.82. The van der Waals surface area contributed by atoms with E-state index in [0.717, 1.165) is 10.0 Å². The molecule has 0 spiro atoms. The first kappa shape index (κ1) is 22.7. The Morgan fingerprint density at radius 2 is 1.77 bits per heavy atom. The fourth-order valence-corrected chi connectivity index (χ4v) is 5.79. The molecule has 4 aromatic rings. The third kappa shape index (κ3) is 3.85. The van der Waals surface area contributed by atoms with Gasteiger partial charge in [0.2, 0.25) is 0 Å². The maximum atomic E-state index is 14.7. The summed E-state index contributed by atoms with van der Waals surface area (Å²) in [6.45, 7) is 0.252. The molecule has 0 fully saturated rings. The van der Waals surface area contributed by atoms with Crippen molar-refractivity contribution < 1.29 is 27.1 Å². The van der Waals surface area contributed by atoms with E-state index in [0.29, 0.717) is 17.4 Å². The van der Waals surface area contributed by atoms with Crippen LogP contribution in [0.15, 0.2) is 77.8 Å². The van der Waals surface area contributed by atoms with Crippen LogP contribution in [0.2, 0.25) is 0 Å². The molecule has 1 aliphatic rings. The monoisotopic (exact) mass is 495 g/mol. The highest BCUT2D eigenvalue weighted by Crippen LogP contribution is 2.36. The van der Waals surface area contributed by atoms with Crippen molar-refractivity contribution in [2.75, 3.05) is 13.1 Å². The summed E-state index contributed by atoms with van der Waals surface area (Å²) in [6, 6.07) is 14.6. The summed E-state index contributed by atoms with van der Waals surface area (Å²) in [4.78, 5) is 17.1. The lowest BCUT2D eigenvalue weighted by molar-refractivity contribution is 0.150. The predicted octanol–water partition coefficient (Wildman–Crippen LogP) is 4.99. The quantitative estimate of drug-likeness (QED) is 0.431. The van der Waals surface area contributed by atoms with E-state index in [9.17, 15) is 27.1 Å². The number of nitrogens with zero attached hydrogens (tertiary/aromatic N) is 3. The molecular weight excluding hydrogens is 476 g/mol. The van der Waals surface area contributed by atoms with E-state index in [1.165, 1.54) is 41.4 Å². The molecule has 35 heavy (non-hydrogen) atoms. The molecule has 0 saturated carbocycles. The van der Waals surface area contributed by atoms with Gasteiger partial charge in [-0.25, -0.2) is 30.9 Å². The third-order valence-corrected chi connectivity index (χ3v) is 7.65. The van der Waals surface area contributed by atoms with Crippen LogP contribution < -0.4 is 0 Å². The van der Waals surface area contributed by atoms with Crippen molar-refractivity contribution in [1.82, 2.24) is 13.9 Å².